The predicted octanol–water partition coefficient (Wildman–Crippen LogP) is 0.973. The molecule has 0 atom stereocenters. The maximum Gasteiger partial charge on any atom is 0.0873 e. The van der Waals surface area contributed by atoms with Gasteiger partial charge < -0.3 is 0 Å². The fraction of sp³-hybridized carbons (Fsp3) is 1.00. The molecule has 0 N–H and O–H groups in total. The fourth-order valence-corrected chi connectivity index (χ4v) is 0.192. The third-order valence-electron chi connectivity index (χ3n) is 0.289. The second-order valence-corrected chi connectivity index (χ2v) is 1.31. The van der Waals surface area contributed by atoms with E-state index in [0.717, 1.165) is 0 Å². The zero-order valence-electron chi connectivity index (χ0n) is 4.39. The highest BCUT2D eigenvalue weighted by atomic mass is 17.2. The monoisotopic (exact) mass is 90.1 g/mol. The van der Waals surface area contributed by atoms with Crippen LogP contribution in [0.25, 0.3) is 0 Å². The molecule has 0 aliphatic carbocycles. The average Bonchev–Trinajstić information content (AvgIpc) is 1.35. The molecule has 0 unspecified atom stereocenters. The lowest BCUT2D eigenvalue weighted by molar-refractivity contribution is -0.296. The second-order valence-electron chi connectivity index (χ2n) is 1.31. The molecule has 2 nitrogen and oxygen atoms in total. The highest BCUT2D eigenvalue weighted by Crippen LogP contribution is 1.83. The molecule has 0 bridgehead atoms. The van der Waals surface area contributed by atoms with Crippen LogP contribution in [0, 0.1) is 0 Å². The first-order valence-corrected chi connectivity index (χ1v) is 1.97. The molecular weight excluding hydrogens is 80.0 g/mol. The van der Waals surface area contributed by atoms with Crippen molar-refractivity contribution < 1.29 is 9.78 Å². The topological polar surface area (TPSA) is 18.5 Å². The van der Waals surface area contributed by atoms with E-state index in [1.54, 1.807) is 0 Å². The molecule has 0 radical (unpaired) electrons. The van der Waals surface area contributed by atoms with Gasteiger partial charge in [-0.25, -0.2) is 9.78 Å². The molecule has 0 spiro atoms. The third-order valence-corrected chi connectivity index (χ3v) is 0.289. The van der Waals surface area contributed by atoms with Crippen molar-refractivity contribution in [2.75, 3.05) is 7.11 Å². The summed E-state index contributed by atoms with van der Waals surface area (Å²) in [6, 6.07) is 0. The standard InChI is InChI=1S/C4H10O2/c1-4(2)6-5-3/h4H,1-3H3. The van der Waals surface area contributed by atoms with Crippen molar-refractivity contribution in [3.05, 3.63) is 0 Å². The van der Waals surface area contributed by atoms with E-state index < -0.39 is 0 Å². The van der Waals surface area contributed by atoms with Gasteiger partial charge in [0.15, 0.2) is 0 Å². The zero-order valence-corrected chi connectivity index (χ0v) is 4.39. The lowest BCUT2D eigenvalue weighted by atomic mass is 10.5. The Balaban J connectivity index is 2.63. The summed E-state index contributed by atoms with van der Waals surface area (Å²) in [5.74, 6) is 0. The fourth-order valence-electron chi connectivity index (χ4n) is 0.192. The summed E-state index contributed by atoms with van der Waals surface area (Å²) < 4.78 is 0. The summed E-state index contributed by atoms with van der Waals surface area (Å²) in [4.78, 5) is 8.84. The Hall–Kier alpha value is -0.0800. The van der Waals surface area contributed by atoms with Gasteiger partial charge in [0, 0.05) is 0 Å². The minimum atomic E-state index is 0.176. The summed E-state index contributed by atoms with van der Waals surface area (Å²) in [6.07, 6.45) is 0.176. The molecule has 0 saturated carbocycles. The van der Waals surface area contributed by atoms with Crippen molar-refractivity contribution >= 4 is 0 Å². The van der Waals surface area contributed by atoms with E-state index in [-0.39, 0.29) is 6.10 Å². The van der Waals surface area contributed by atoms with Crippen LogP contribution in [0.2, 0.25) is 0 Å². The van der Waals surface area contributed by atoms with Crippen LogP contribution < -0.4 is 0 Å². The molecule has 0 aliphatic heterocycles. The molecule has 0 aromatic rings. The molecule has 38 valence electrons. The molecule has 0 heterocycles. The third kappa shape index (κ3) is 3.92. The molecule has 2 heteroatoms. The molecule has 0 amide bonds. The number of rotatable bonds is 2. The maximum atomic E-state index is 4.54. The first-order valence-electron chi connectivity index (χ1n) is 1.97. The molecule has 0 aliphatic rings. The Morgan fingerprint density at radius 2 is 1.83 bits per heavy atom. The maximum absolute atomic E-state index is 4.54. The summed E-state index contributed by atoms with van der Waals surface area (Å²) in [5.41, 5.74) is 0. The predicted molar refractivity (Wildman–Crippen MR) is 23.2 cm³/mol. The Morgan fingerprint density at radius 1 is 1.33 bits per heavy atom. The first kappa shape index (κ1) is 5.92. The van der Waals surface area contributed by atoms with Gasteiger partial charge in [-0.2, -0.15) is 0 Å². The normalized spacial score (nSPS) is 10.0. The largest absolute Gasteiger partial charge is 0.240 e. The van der Waals surface area contributed by atoms with E-state index >= 15 is 0 Å². The number of hydrogen-bond acceptors (Lipinski definition) is 2. The minimum Gasteiger partial charge on any atom is -0.240 e. The van der Waals surface area contributed by atoms with Crippen LogP contribution >= 0.6 is 0 Å². The van der Waals surface area contributed by atoms with Gasteiger partial charge in [-0.1, -0.05) is 0 Å². The van der Waals surface area contributed by atoms with E-state index in [0.29, 0.717) is 0 Å². The van der Waals surface area contributed by atoms with Gasteiger partial charge in [-0.15, -0.1) is 0 Å². The van der Waals surface area contributed by atoms with E-state index in [2.05, 4.69) is 9.78 Å². The van der Waals surface area contributed by atoms with E-state index in [4.69, 9.17) is 0 Å². The highest BCUT2D eigenvalue weighted by molar-refractivity contribution is 4.24. The number of hydrogen-bond donors (Lipinski definition) is 0. The highest BCUT2D eigenvalue weighted by Gasteiger charge is 1.85. The van der Waals surface area contributed by atoms with Crippen LogP contribution in [0.5, 0.6) is 0 Å². The van der Waals surface area contributed by atoms with Gasteiger partial charge in [-0.05, 0) is 13.8 Å². The lowest BCUT2D eigenvalue weighted by Gasteiger charge is -1.98. The van der Waals surface area contributed by atoms with E-state index in [1.165, 1.54) is 7.11 Å². The van der Waals surface area contributed by atoms with Crippen molar-refractivity contribution in [2.24, 2.45) is 0 Å². The van der Waals surface area contributed by atoms with Gasteiger partial charge in [0.2, 0.25) is 0 Å². The SMILES string of the molecule is COOC(C)C. The molecule has 0 saturated heterocycles. The van der Waals surface area contributed by atoms with Crippen LogP contribution in [0.15, 0.2) is 0 Å². The lowest BCUT2D eigenvalue weighted by Crippen LogP contribution is -1.99. The molecule has 0 aromatic carbocycles. The Morgan fingerprint density at radius 3 is 1.83 bits per heavy atom. The van der Waals surface area contributed by atoms with Crippen LogP contribution in [0.1, 0.15) is 13.8 Å². The van der Waals surface area contributed by atoms with Crippen molar-refractivity contribution in [3.63, 3.8) is 0 Å². The minimum absolute atomic E-state index is 0.176. The van der Waals surface area contributed by atoms with Gasteiger partial charge in [-0.3, -0.25) is 0 Å². The molecule has 0 rings (SSSR count). The van der Waals surface area contributed by atoms with E-state index in [1.807, 2.05) is 13.8 Å². The van der Waals surface area contributed by atoms with Crippen molar-refractivity contribution in [2.45, 2.75) is 20.0 Å². The summed E-state index contributed by atoms with van der Waals surface area (Å²) >= 11 is 0. The van der Waals surface area contributed by atoms with Crippen LogP contribution in [0.4, 0.5) is 0 Å². The summed E-state index contributed by atoms with van der Waals surface area (Å²) in [5, 5.41) is 0. The quantitative estimate of drug-likeness (QED) is 0.371. The van der Waals surface area contributed by atoms with Crippen LogP contribution in [0.3, 0.4) is 0 Å². The van der Waals surface area contributed by atoms with E-state index in [9.17, 15) is 0 Å². The first-order chi connectivity index (χ1) is 2.77. The summed E-state index contributed by atoms with van der Waals surface area (Å²) in [7, 11) is 1.50. The van der Waals surface area contributed by atoms with Gasteiger partial charge in [0.25, 0.3) is 0 Å². The Labute approximate surface area is 38.0 Å². The average molecular weight is 90.1 g/mol. The molecule has 6 heavy (non-hydrogen) atoms. The van der Waals surface area contributed by atoms with Crippen LogP contribution in [-0.4, -0.2) is 13.2 Å². The molecule has 0 fully saturated rings. The smallest absolute Gasteiger partial charge is 0.0873 e. The van der Waals surface area contributed by atoms with Crippen molar-refractivity contribution in [1.29, 1.82) is 0 Å². The van der Waals surface area contributed by atoms with Gasteiger partial charge in [0.1, 0.15) is 0 Å². The molecular formula is C4H10O2. The van der Waals surface area contributed by atoms with Crippen LogP contribution in [-0.2, 0) is 9.78 Å². The van der Waals surface area contributed by atoms with Gasteiger partial charge >= 0.3 is 0 Å². The van der Waals surface area contributed by atoms with Gasteiger partial charge in [0.05, 0.1) is 13.2 Å². The zero-order chi connectivity index (χ0) is 4.99. The Bertz CT molecular complexity index is 26.7. The summed E-state index contributed by atoms with van der Waals surface area (Å²) in [6.45, 7) is 3.81. The van der Waals surface area contributed by atoms with Crippen molar-refractivity contribution in [3.8, 4) is 0 Å². The van der Waals surface area contributed by atoms with Crippen molar-refractivity contribution in [1.82, 2.24) is 0 Å². The Kier molecular flexibility index (Phi) is 3.08. The molecule has 0 aromatic heterocycles. The second kappa shape index (κ2) is 3.12.